The van der Waals surface area contributed by atoms with Gasteiger partial charge in [0, 0.05) is 60.3 Å². The van der Waals surface area contributed by atoms with Crippen molar-refractivity contribution in [3.8, 4) is 34.4 Å². The van der Waals surface area contributed by atoms with E-state index in [2.05, 4.69) is 161 Å². The number of rotatable bonds is 4. The van der Waals surface area contributed by atoms with Crippen molar-refractivity contribution in [2.24, 2.45) is 0 Å². The van der Waals surface area contributed by atoms with E-state index < -0.39 is 0 Å². The lowest BCUT2D eigenvalue weighted by molar-refractivity contribution is 0.668. The number of para-hydroxylation sites is 5. The molecule has 0 saturated carbocycles. The third-order valence-corrected chi connectivity index (χ3v) is 12.5. The average molecular weight is 794 g/mol. The van der Waals surface area contributed by atoms with Crippen LogP contribution < -0.4 is 0 Å². The van der Waals surface area contributed by atoms with Gasteiger partial charge >= 0.3 is 0 Å². The van der Waals surface area contributed by atoms with Crippen LogP contribution >= 0.6 is 0 Å². The van der Waals surface area contributed by atoms with E-state index in [4.69, 9.17) is 23.8 Å². The molecule has 0 spiro atoms. The third kappa shape index (κ3) is 4.73. The molecular weight excluding hydrogens is 763 g/mol. The zero-order valence-corrected chi connectivity index (χ0v) is 33.0. The Morgan fingerprint density at radius 3 is 1.63 bits per heavy atom. The molecule has 14 rings (SSSR count). The van der Waals surface area contributed by atoms with Crippen molar-refractivity contribution in [3.63, 3.8) is 0 Å². The number of fused-ring (bicyclic) bond motifs is 13. The number of hydrogen-bond donors (Lipinski definition) is 0. The summed E-state index contributed by atoms with van der Waals surface area (Å²) in [5, 5.41) is 11.0. The van der Waals surface area contributed by atoms with Gasteiger partial charge in [-0.05, 0) is 71.4 Å². The van der Waals surface area contributed by atoms with Gasteiger partial charge in [0.1, 0.15) is 22.3 Å². The van der Waals surface area contributed by atoms with E-state index in [0.717, 1.165) is 93.5 Å². The molecule has 5 heterocycles. The van der Waals surface area contributed by atoms with Gasteiger partial charge in [0.25, 0.3) is 0 Å². The van der Waals surface area contributed by atoms with Gasteiger partial charge in [-0.3, -0.25) is 4.57 Å². The van der Waals surface area contributed by atoms with Gasteiger partial charge in [-0.2, -0.15) is 9.97 Å². The number of nitrogens with zero attached hydrogens (tertiary/aromatic N) is 5. The van der Waals surface area contributed by atoms with Crippen molar-refractivity contribution < 1.29 is 8.83 Å². The molecule has 9 aromatic carbocycles. The number of benzene rings is 9. The van der Waals surface area contributed by atoms with Crippen LogP contribution in [0.3, 0.4) is 0 Å². The molecule has 0 fully saturated rings. The number of hydrogen-bond acceptors (Lipinski definition) is 5. The van der Waals surface area contributed by atoms with Crippen LogP contribution in [-0.2, 0) is 0 Å². The van der Waals surface area contributed by atoms with Crippen LogP contribution in [0.2, 0.25) is 0 Å². The lowest BCUT2D eigenvalue weighted by Gasteiger charge is -2.14. The highest BCUT2D eigenvalue weighted by Crippen LogP contribution is 2.42. The van der Waals surface area contributed by atoms with Crippen LogP contribution in [0.5, 0.6) is 0 Å². The second-order valence-corrected chi connectivity index (χ2v) is 16.0. The first kappa shape index (κ1) is 33.3. The minimum Gasteiger partial charge on any atom is -0.456 e. The molecule has 0 aliphatic heterocycles. The van der Waals surface area contributed by atoms with Crippen LogP contribution in [0.1, 0.15) is 0 Å². The van der Waals surface area contributed by atoms with Crippen LogP contribution in [0.25, 0.3) is 133 Å². The molecule has 0 N–H and O–H groups in total. The van der Waals surface area contributed by atoms with Crippen molar-refractivity contribution in [1.29, 1.82) is 0 Å². The molecular formula is C55H31N5O2. The standard InChI is InChI=1S/C55H31N5O2/c1-2-14-33-28-47-42(27-32(33)13-1)38-17-5-8-20-44(38)59(47)35-30-43(52-41-19-7-12-24-49(41)62-51(52)31-35)54-56-53(34-25-26-40-39-18-6-11-23-48(39)61-50(40)29-34)57-55(58-54)60-45-21-9-3-15-36(45)37-16-4-10-22-46(37)60/h1-31H. The quantitative estimate of drug-likeness (QED) is 0.177. The van der Waals surface area contributed by atoms with Crippen molar-refractivity contribution in [2.45, 2.75) is 0 Å². The maximum Gasteiger partial charge on any atom is 0.238 e. The summed E-state index contributed by atoms with van der Waals surface area (Å²) in [5.74, 6) is 1.58. The number of aromatic nitrogens is 5. The minimum absolute atomic E-state index is 0.516. The largest absolute Gasteiger partial charge is 0.456 e. The molecule has 7 heteroatoms. The van der Waals surface area contributed by atoms with Gasteiger partial charge in [-0.1, -0.05) is 121 Å². The summed E-state index contributed by atoms with van der Waals surface area (Å²) in [5.41, 5.74) is 9.97. The Morgan fingerprint density at radius 1 is 0.339 bits per heavy atom. The van der Waals surface area contributed by atoms with E-state index in [9.17, 15) is 0 Å². The Hall–Kier alpha value is -8.55. The predicted molar refractivity (Wildman–Crippen MR) is 251 cm³/mol. The molecule has 0 bridgehead atoms. The Morgan fingerprint density at radius 2 is 0.887 bits per heavy atom. The summed E-state index contributed by atoms with van der Waals surface area (Å²) < 4.78 is 17.7. The lowest BCUT2D eigenvalue weighted by Crippen LogP contribution is -2.07. The highest BCUT2D eigenvalue weighted by atomic mass is 16.3. The van der Waals surface area contributed by atoms with E-state index in [-0.39, 0.29) is 0 Å². The summed E-state index contributed by atoms with van der Waals surface area (Å²) >= 11 is 0. The smallest absolute Gasteiger partial charge is 0.238 e. The summed E-state index contributed by atoms with van der Waals surface area (Å²) in [6.45, 7) is 0. The van der Waals surface area contributed by atoms with Gasteiger partial charge in [0.05, 0.1) is 27.8 Å². The van der Waals surface area contributed by atoms with Gasteiger partial charge < -0.3 is 13.4 Å². The second kappa shape index (κ2) is 12.5. The fourth-order valence-electron chi connectivity index (χ4n) is 9.80. The highest BCUT2D eigenvalue weighted by Gasteiger charge is 2.23. The fourth-order valence-corrected chi connectivity index (χ4v) is 9.80. The third-order valence-electron chi connectivity index (χ3n) is 12.5. The van der Waals surface area contributed by atoms with Gasteiger partial charge in [0.15, 0.2) is 11.6 Å². The molecule has 0 amide bonds. The molecule has 0 unspecified atom stereocenters. The first-order chi connectivity index (χ1) is 30.7. The van der Waals surface area contributed by atoms with Gasteiger partial charge in [0.2, 0.25) is 5.95 Å². The van der Waals surface area contributed by atoms with Gasteiger partial charge in [-0.25, -0.2) is 4.98 Å². The summed E-state index contributed by atoms with van der Waals surface area (Å²) in [7, 11) is 0. The summed E-state index contributed by atoms with van der Waals surface area (Å²) in [6, 6.07) is 65.6. The zero-order valence-electron chi connectivity index (χ0n) is 33.0. The van der Waals surface area contributed by atoms with Crippen LogP contribution in [0, 0.1) is 0 Å². The van der Waals surface area contributed by atoms with Crippen LogP contribution in [-0.4, -0.2) is 24.1 Å². The number of furan rings is 2. The lowest BCUT2D eigenvalue weighted by atomic mass is 10.0. The molecule has 288 valence electrons. The van der Waals surface area contributed by atoms with E-state index in [1.165, 1.54) is 21.5 Å². The molecule has 5 aromatic heterocycles. The van der Waals surface area contributed by atoms with Crippen LogP contribution in [0.4, 0.5) is 0 Å². The van der Waals surface area contributed by atoms with Crippen LogP contribution in [0.15, 0.2) is 197 Å². The SMILES string of the molecule is c1ccc2cc3c(cc2c1)c1ccccc1n3-c1cc(-c2nc(-c3ccc4c(c3)oc3ccccc34)nc(-n3c4ccccc4c4ccccc43)n2)c2c(c1)oc1ccccc12. The van der Waals surface area contributed by atoms with E-state index in [1.54, 1.807) is 0 Å². The van der Waals surface area contributed by atoms with Gasteiger partial charge in [-0.15, -0.1) is 0 Å². The predicted octanol–water partition coefficient (Wildman–Crippen LogP) is 14.4. The Balaban J connectivity index is 1.10. The van der Waals surface area contributed by atoms with E-state index in [0.29, 0.717) is 17.6 Å². The Kier molecular flexibility index (Phi) is 6.71. The fraction of sp³-hybridized carbons (Fsp3) is 0. The normalized spacial score (nSPS) is 12.2. The summed E-state index contributed by atoms with van der Waals surface area (Å²) in [4.78, 5) is 16.2. The molecule has 14 aromatic rings. The van der Waals surface area contributed by atoms with E-state index in [1.807, 2.05) is 36.4 Å². The molecule has 7 nitrogen and oxygen atoms in total. The minimum atomic E-state index is 0.516. The topological polar surface area (TPSA) is 74.8 Å². The van der Waals surface area contributed by atoms with Crippen molar-refractivity contribution >= 4 is 98.3 Å². The Labute approximate surface area is 352 Å². The zero-order chi connectivity index (χ0) is 40.5. The maximum atomic E-state index is 6.76. The molecule has 62 heavy (non-hydrogen) atoms. The highest BCUT2D eigenvalue weighted by molar-refractivity contribution is 6.16. The first-order valence-electron chi connectivity index (χ1n) is 20.8. The average Bonchev–Trinajstić information content (AvgIpc) is 4.07. The molecule has 0 saturated heterocycles. The maximum absolute atomic E-state index is 6.76. The molecule has 0 radical (unpaired) electrons. The first-order valence-corrected chi connectivity index (χ1v) is 20.8. The van der Waals surface area contributed by atoms with E-state index >= 15 is 0 Å². The van der Waals surface area contributed by atoms with Crippen molar-refractivity contribution in [1.82, 2.24) is 24.1 Å². The Bertz CT molecular complexity index is 4130. The molecule has 0 aliphatic carbocycles. The molecule has 0 atom stereocenters. The van der Waals surface area contributed by atoms with Crippen molar-refractivity contribution in [2.75, 3.05) is 0 Å². The summed E-state index contributed by atoms with van der Waals surface area (Å²) in [6.07, 6.45) is 0. The second-order valence-electron chi connectivity index (χ2n) is 16.0. The van der Waals surface area contributed by atoms with Crippen molar-refractivity contribution in [3.05, 3.63) is 188 Å². The monoisotopic (exact) mass is 793 g/mol. The molecule has 0 aliphatic rings.